The van der Waals surface area contributed by atoms with Gasteiger partial charge in [-0.25, -0.2) is 0 Å². The van der Waals surface area contributed by atoms with Crippen LogP contribution in [0.15, 0.2) is 292 Å². The smallest absolute Gasteiger partial charge is 1.00 e. The average Bonchev–Trinajstić information content (AvgIpc) is 1.03. The predicted molar refractivity (Wildman–Crippen MR) is 342 cm³/mol. The Morgan fingerprint density at radius 3 is 0.419 bits per heavy atom. The van der Waals surface area contributed by atoms with Crippen molar-refractivity contribution in [2.45, 2.75) is 0 Å². The Bertz CT molecular complexity index is 3860. The molecule has 0 atom stereocenters. The molecule has 0 spiro atoms. The molecule has 0 aliphatic rings. The summed E-state index contributed by atoms with van der Waals surface area (Å²) in [4.78, 5) is 28.0. The Balaban J connectivity index is 0.000000225. The van der Waals surface area contributed by atoms with Crippen molar-refractivity contribution in [2.75, 3.05) is 0 Å². The Morgan fingerprint density at radius 1 is 0.163 bits per heavy atom. The van der Waals surface area contributed by atoms with Crippen LogP contribution >= 0.6 is 0 Å². The zero-order valence-corrected chi connectivity index (χ0v) is 49.3. The van der Waals surface area contributed by atoms with Gasteiger partial charge >= 0.3 is 19.5 Å². The van der Waals surface area contributed by atoms with Crippen molar-refractivity contribution < 1.29 is 71.7 Å². The molecule has 0 saturated heterocycles. The maximum atomic E-state index is 4.67. The van der Waals surface area contributed by atoms with Crippen LogP contribution in [-0.2, 0) is 19.5 Å². The molecule has 10 N–H and O–H groups in total. The van der Waals surface area contributed by atoms with Crippen LogP contribution in [0.2, 0.25) is 0 Å². The Hall–Kier alpha value is -9.56. The predicted octanol–water partition coefficient (Wildman–Crippen LogP) is 8.23. The molecule has 0 unspecified atom stereocenters. The van der Waals surface area contributed by atoms with E-state index in [-0.39, 0.29) is 71.7 Å². The maximum Gasteiger partial charge on any atom is 2.00 e. The van der Waals surface area contributed by atoms with E-state index in [4.69, 9.17) is 0 Å². The fourth-order valence-electron chi connectivity index (χ4n) is 10.7. The van der Waals surface area contributed by atoms with E-state index < -0.39 is 0 Å². The van der Waals surface area contributed by atoms with Crippen LogP contribution in [0.5, 0.6) is 0 Å². The van der Waals surface area contributed by atoms with Crippen molar-refractivity contribution in [2.24, 2.45) is 0 Å². The second-order valence-electron chi connectivity index (χ2n) is 18.9. The van der Waals surface area contributed by atoms with Gasteiger partial charge in [0.1, 0.15) is 0 Å². The van der Waals surface area contributed by atoms with E-state index in [2.05, 4.69) is 248 Å². The number of benzene rings is 9. The molecule has 14 heteroatoms. The van der Waals surface area contributed by atoms with Crippen molar-refractivity contribution >= 4 is 65.4 Å². The number of halogens is 2. The van der Waals surface area contributed by atoms with Gasteiger partial charge in [-0.05, 0) is 103 Å². The molecule has 0 amide bonds. The second-order valence-corrected chi connectivity index (χ2v) is 18.9. The van der Waals surface area contributed by atoms with Crippen molar-refractivity contribution in [1.82, 2.24) is 29.9 Å². The van der Waals surface area contributed by atoms with Crippen LogP contribution < -0.4 is 24.8 Å². The summed E-state index contributed by atoms with van der Waals surface area (Å²) in [6, 6.07) is 88.0. The van der Waals surface area contributed by atoms with E-state index in [1.54, 1.807) is 0 Å². The molecule has 0 radical (unpaired) electrons. The summed E-state index contributed by atoms with van der Waals surface area (Å²) < 4.78 is 0. The number of hydrogen-bond donors (Lipinski definition) is 0. The van der Waals surface area contributed by atoms with Gasteiger partial charge in [0, 0.05) is 69.5 Å². The summed E-state index contributed by atoms with van der Waals surface area (Å²) in [5, 5.41) is 6.77. The summed E-state index contributed by atoms with van der Waals surface area (Å²) in [6.45, 7) is 0. The zero-order chi connectivity index (χ0) is 52.0. The Kier molecular flexibility index (Phi) is 24.1. The first-order valence-corrected chi connectivity index (χ1v) is 26.1. The van der Waals surface area contributed by atoms with Gasteiger partial charge in [0.05, 0.1) is 33.1 Å². The molecule has 6 heterocycles. The minimum absolute atomic E-state index is 0. The van der Waals surface area contributed by atoms with Crippen LogP contribution in [-0.4, -0.2) is 57.3 Å². The van der Waals surface area contributed by atoms with Crippen LogP contribution in [0.4, 0.5) is 0 Å². The van der Waals surface area contributed by atoms with E-state index in [1.165, 1.54) is 66.8 Å². The fourth-order valence-corrected chi connectivity index (χ4v) is 10.7. The summed E-state index contributed by atoms with van der Waals surface area (Å²) in [5.41, 5.74) is 19.9. The molecule has 0 fully saturated rings. The molecule has 428 valence electrons. The van der Waals surface area contributed by atoms with Gasteiger partial charge < -0.3 is 52.2 Å². The third-order valence-electron chi connectivity index (χ3n) is 14.4. The van der Waals surface area contributed by atoms with E-state index >= 15 is 0 Å². The molecule has 11 nitrogen and oxygen atoms in total. The third kappa shape index (κ3) is 13.3. The molecular formula is C72H58Cl2N6O5Ru. The van der Waals surface area contributed by atoms with E-state index in [9.17, 15) is 0 Å². The molecule has 0 aliphatic heterocycles. The van der Waals surface area contributed by atoms with Gasteiger partial charge in [0.15, 0.2) is 0 Å². The number of rotatable bonds is 6. The van der Waals surface area contributed by atoms with E-state index in [1.807, 2.05) is 73.6 Å². The van der Waals surface area contributed by atoms with Crippen LogP contribution in [0.3, 0.4) is 0 Å². The Labute approximate surface area is 522 Å². The van der Waals surface area contributed by atoms with E-state index in [0.29, 0.717) is 0 Å². The third-order valence-corrected chi connectivity index (χ3v) is 14.4. The number of fused-ring (bicyclic) bond motifs is 9. The van der Waals surface area contributed by atoms with Crippen LogP contribution in [0.25, 0.3) is 132 Å². The molecule has 15 rings (SSSR count). The average molecular weight is 1260 g/mol. The molecule has 0 aliphatic carbocycles. The molecule has 0 bridgehead atoms. The minimum atomic E-state index is 0. The van der Waals surface area contributed by atoms with Gasteiger partial charge in [0.2, 0.25) is 0 Å². The van der Waals surface area contributed by atoms with Gasteiger partial charge in [-0.15, -0.1) is 0 Å². The quantitative estimate of drug-likeness (QED) is 0.117. The van der Waals surface area contributed by atoms with Crippen LogP contribution in [0.1, 0.15) is 0 Å². The van der Waals surface area contributed by atoms with Gasteiger partial charge in [-0.2, -0.15) is 0 Å². The summed E-state index contributed by atoms with van der Waals surface area (Å²) in [5.74, 6) is 0. The van der Waals surface area contributed by atoms with E-state index in [0.717, 1.165) is 65.4 Å². The van der Waals surface area contributed by atoms with Crippen molar-refractivity contribution in [3.8, 4) is 66.8 Å². The summed E-state index contributed by atoms with van der Waals surface area (Å²) in [7, 11) is 0. The van der Waals surface area contributed by atoms with Crippen molar-refractivity contribution in [1.29, 1.82) is 0 Å². The fraction of sp³-hybridized carbons (Fsp3) is 0. The number of hydrogen-bond acceptors (Lipinski definition) is 6. The maximum absolute atomic E-state index is 4.67. The molecule has 86 heavy (non-hydrogen) atoms. The Morgan fingerprint density at radius 2 is 0.291 bits per heavy atom. The first-order valence-electron chi connectivity index (χ1n) is 26.1. The number of aromatic nitrogens is 6. The monoisotopic (exact) mass is 1260 g/mol. The summed E-state index contributed by atoms with van der Waals surface area (Å²) >= 11 is 0. The normalized spacial score (nSPS) is 10.0. The van der Waals surface area contributed by atoms with Crippen molar-refractivity contribution in [3.63, 3.8) is 0 Å². The first kappa shape index (κ1) is 67.2. The molecule has 9 aromatic carbocycles. The standard InChI is InChI=1S/3C24H16N2.2ClH.5H2O.Ru/c3*1-3-7-17(8-4-1)19-13-15-25-23-21(19)11-12-22-20(14-16-26-24(22)23)18-9-5-2-6-10-18;;;;;;;;/h3*1-16H;2*1H;5*1H2;/q;;;;;;;;;;+2/p-2. The molecule has 15 aromatic rings. The van der Waals surface area contributed by atoms with Crippen molar-refractivity contribution in [3.05, 3.63) is 292 Å². The van der Waals surface area contributed by atoms with Crippen LogP contribution in [0, 0.1) is 0 Å². The van der Waals surface area contributed by atoms with Gasteiger partial charge in [-0.3, -0.25) is 29.9 Å². The SMILES string of the molecule is O.O.O.O.O.[Cl-].[Cl-].[Ru+2].c1ccc(-c2ccnc3c2ccc2c(-c4ccccc4)ccnc23)cc1.c1ccc(-c2ccnc3c2ccc2c(-c4ccccc4)ccnc23)cc1.c1ccc(-c2ccnc3c2ccc2c(-c4ccccc4)ccnc23)cc1. The largest absolute Gasteiger partial charge is 2.00 e. The number of nitrogens with zero attached hydrogens (tertiary/aromatic N) is 6. The zero-order valence-electron chi connectivity index (χ0n) is 46.0. The minimum Gasteiger partial charge on any atom is -1.00 e. The van der Waals surface area contributed by atoms with Gasteiger partial charge in [-0.1, -0.05) is 218 Å². The molecule has 0 saturated carbocycles. The summed E-state index contributed by atoms with van der Waals surface area (Å²) in [6.07, 6.45) is 11.3. The topological polar surface area (TPSA) is 235 Å². The molecular weight excluding hydrogens is 1200 g/mol. The van der Waals surface area contributed by atoms with Gasteiger partial charge in [0.25, 0.3) is 0 Å². The first-order chi connectivity index (χ1) is 38.7. The number of pyridine rings is 6. The second kappa shape index (κ2) is 30.8. The molecule has 6 aromatic heterocycles.